The van der Waals surface area contributed by atoms with E-state index < -0.39 is 17.8 Å². The van der Waals surface area contributed by atoms with Gasteiger partial charge in [-0.1, -0.05) is 39.3 Å². The number of fused-ring (bicyclic) bond motifs is 1. The van der Waals surface area contributed by atoms with Gasteiger partial charge in [0.05, 0.1) is 17.4 Å². The molecule has 5 nitrogen and oxygen atoms in total. The van der Waals surface area contributed by atoms with Gasteiger partial charge in [-0.25, -0.2) is 0 Å². The number of carbonyl (C=O) groups excluding carboxylic acids is 1. The zero-order valence-electron chi connectivity index (χ0n) is 16.7. The first-order chi connectivity index (χ1) is 13.3. The van der Waals surface area contributed by atoms with Gasteiger partial charge in [0.15, 0.2) is 0 Å². The topological polar surface area (TPSA) is 90.2 Å². The van der Waals surface area contributed by atoms with Crippen LogP contribution in [0.15, 0.2) is 12.2 Å². The van der Waals surface area contributed by atoms with Crippen molar-refractivity contribution in [3.63, 3.8) is 0 Å². The van der Waals surface area contributed by atoms with Gasteiger partial charge in [0, 0.05) is 4.88 Å². The van der Waals surface area contributed by atoms with Crippen molar-refractivity contribution in [2.45, 2.75) is 59.3 Å². The van der Waals surface area contributed by atoms with Crippen molar-refractivity contribution in [2.24, 2.45) is 23.2 Å². The molecule has 0 unspecified atom stereocenters. The monoisotopic (exact) mass is 400 g/mol. The maximum Gasteiger partial charge on any atom is 0.307 e. The van der Waals surface area contributed by atoms with Crippen LogP contribution in [-0.4, -0.2) is 17.0 Å². The van der Waals surface area contributed by atoms with E-state index in [1.165, 1.54) is 16.2 Å². The van der Waals surface area contributed by atoms with Crippen LogP contribution in [-0.2, 0) is 22.4 Å². The number of hydrogen-bond donors (Lipinski definition) is 2. The minimum Gasteiger partial charge on any atom is -0.481 e. The fourth-order valence-corrected chi connectivity index (χ4v) is 5.61. The molecule has 0 saturated carbocycles. The molecule has 150 valence electrons. The van der Waals surface area contributed by atoms with E-state index in [1.54, 1.807) is 0 Å². The number of allylic oxidation sites excluding steroid dienone is 2. The zero-order valence-corrected chi connectivity index (χ0v) is 17.6. The molecule has 2 N–H and O–H groups in total. The number of aliphatic carboxylic acids is 1. The van der Waals surface area contributed by atoms with Gasteiger partial charge in [-0.15, -0.1) is 11.3 Å². The normalized spacial score (nSPS) is 24.3. The van der Waals surface area contributed by atoms with E-state index >= 15 is 0 Å². The molecule has 1 aromatic heterocycles. The molecule has 0 bridgehead atoms. The number of carboxylic acids is 1. The molecule has 0 aromatic carbocycles. The number of hydrogen-bond acceptors (Lipinski definition) is 4. The summed E-state index contributed by atoms with van der Waals surface area (Å²) in [6.45, 7) is 6.81. The van der Waals surface area contributed by atoms with Crippen molar-refractivity contribution < 1.29 is 14.7 Å². The average molecular weight is 401 g/mol. The second kappa shape index (κ2) is 8.08. The molecule has 2 aliphatic carbocycles. The molecule has 0 spiro atoms. The second-order valence-electron chi connectivity index (χ2n) is 8.58. The Hall–Kier alpha value is -2.13. The first kappa shape index (κ1) is 20.6. The van der Waals surface area contributed by atoms with Gasteiger partial charge in [0.1, 0.15) is 11.1 Å². The number of rotatable bonds is 5. The van der Waals surface area contributed by atoms with Crippen molar-refractivity contribution in [1.82, 2.24) is 0 Å². The number of nitriles is 1. The highest BCUT2D eigenvalue weighted by Gasteiger charge is 2.36. The smallest absolute Gasteiger partial charge is 0.307 e. The average Bonchev–Trinajstić information content (AvgIpc) is 3.03. The van der Waals surface area contributed by atoms with Crippen molar-refractivity contribution in [3.05, 3.63) is 28.2 Å². The fourth-order valence-electron chi connectivity index (χ4n) is 4.33. The van der Waals surface area contributed by atoms with Gasteiger partial charge in [0.2, 0.25) is 5.91 Å². The van der Waals surface area contributed by atoms with Gasteiger partial charge >= 0.3 is 5.97 Å². The van der Waals surface area contributed by atoms with E-state index in [2.05, 4.69) is 32.2 Å². The van der Waals surface area contributed by atoms with Crippen molar-refractivity contribution in [1.29, 1.82) is 5.26 Å². The summed E-state index contributed by atoms with van der Waals surface area (Å²) in [6, 6.07) is 2.28. The SMILES string of the molecule is CCC(C)(C)[C@@H]1CCc2c(sc(NC(=O)[C@H]3CC=CC[C@@H]3C(=O)O)c2C#N)C1. The summed E-state index contributed by atoms with van der Waals surface area (Å²) < 4.78 is 0. The zero-order chi connectivity index (χ0) is 20.5. The minimum absolute atomic E-state index is 0.251. The first-order valence-electron chi connectivity index (χ1n) is 10.0. The van der Waals surface area contributed by atoms with Crippen LogP contribution in [0, 0.1) is 34.5 Å². The Balaban J connectivity index is 1.82. The largest absolute Gasteiger partial charge is 0.481 e. The van der Waals surface area contributed by atoms with Gasteiger partial charge in [-0.3, -0.25) is 9.59 Å². The van der Waals surface area contributed by atoms with Gasteiger partial charge in [0.25, 0.3) is 0 Å². The van der Waals surface area contributed by atoms with Crippen LogP contribution in [0.5, 0.6) is 0 Å². The summed E-state index contributed by atoms with van der Waals surface area (Å²) in [7, 11) is 0. The lowest BCUT2D eigenvalue weighted by Gasteiger charge is -2.36. The quantitative estimate of drug-likeness (QED) is 0.697. The van der Waals surface area contributed by atoms with Gasteiger partial charge in [-0.2, -0.15) is 5.26 Å². The Kier molecular flexibility index (Phi) is 5.95. The summed E-state index contributed by atoms with van der Waals surface area (Å²) in [6.07, 6.45) is 8.45. The molecule has 0 aliphatic heterocycles. The third-order valence-corrected chi connectivity index (χ3v) is 7.89. The van der Waals surface area contributed by atoms with Crippen molar-refractivity contribution >= 4 is 28.2 Å². The number of anilines is 1. The van der Waals surface area contributed by atoms with E-state index in [9.17, 15) is 20.0 Å². The maximum absolute atomic E-state index is 12.8. The Morgan fingerprint density at radius 1 is 1.32 bits per heavy atom. The number of nitrogens with zero attached hydrogens (tertiary/aromatic N) is 1. The third-order valence-electron chi connectivity index (χ3n) is 6.72. The van der Waals surface area contributed by atoms with Crippen LogP contribution in [0.2, 0.25) is 0 Å². The molecule has 2 aliphatic rings. The van der Waals surface area contributed by atoms with Gasteiger partial charge < -0.3 is 10.4 Å². The first-order valence-corrected chi connectivity index (χ1v) is 10.8. The predicted molar refractivity (Wildman–Crippen MR) is 110 cm³/mol. The van der Waals surface area contributed by atoms with E-state index in [-0.39, 0.29) is 11.3 Å². The summed E-state index contributed by atoms with van der Waals surface area (Å²) >= 11 is 1.50. The Bertz CT molecular complexity index is 847. The Labute approximate surface area is 170 Å². The van der Waals surface area contributed by atoms with Crippen molar-refractivity contribution in [2.75, 3.05) is 5.32 Å². The van der Waals surface area contributed by atoms with E-state index in [1.807, 2.05) is 12.2 Å². The summed E-state index contributed by atoms with van der Waals surface area (Å²) in [5.74, 6) is -1.98. The van der Waals surface area contributed by atoms with Crippen LogP contribution in [0.3, 0.4) is 0 Å². The van der Waals surface area contributed by atoms with Crippen LogP contribution in [0.25, 0.3) is 0 Å². The highest BCUT2D eigenvalue weighted by atomic mass is 32.1. The summed E-state index contributed by atoms with van der Waals surface area (Å²) in [4.78, 5) is 25.5. The molecular weight excluding hydrogens is 372 g/mol. The Morgan fingerprint density at radius 3 is 2.61 bits per heavy atom. The van der Waals surface area contributed by atoms with Crippen molar-refractivity contribution in [3.8, 4) is 6.07 Å². The second-order valence-corrected chi connectivity index (χ2v) is 9.69. The molecule has 3 atom stereocenters. The summed E-state index contributed by atoms with van der Waals surface area (Å²) in [5, 5.41) is 22.6. The molecule has 0 radical (unpaired) electrons. The lowest BCUT2D eigenvalue weighted by Crippen LogP contribution is -2.34. The lowest BCUT2D eigenvalue weighted by atomic mass is 9.69. The highest BCUT2D eigenvalue weighted by molar-refractivity contribution is 7.16. The standard InChI is InChI=1S/C22H28N2O3S/c1-4-22(2,3)13-9-10-14-17(12-23)20(28-18(14)11-13)24-19(25)15-7-5-6-8-16(15)21(26)27/h5-6,13,15-16H,4,7-11H2,1-3H3,(H,24,25)(H,26,27)/t13-,15+,16+/m1/s1. The molecule has 1 aromatic rings. The van der Waals surface area contributed by atoms with E-state index in [0.717, 1.165) is 31.2 Å². The Morgan fingerprint density at radius 2 is 2.00 bits per heavy atom. The maximum atomic E-state index is 12.8. The molecule has 28 heavy (non-hydrogen) atoms. The molecular formula is C22H28N2O3S. The number of carbonyl (C=O) groups is 2. The number of amides is 1. The lowest BCUT2D eigenvalue weighted by molar-refractivity contribution is -0.146. The van der Waals surface area contributed by atoms with Crippen LogP contribution >= 0.6 is 11.3 Å². The number of thiophene rings is 1. The molecule has 6 heteroatoms. The van der Waals surface area contributed by atoms with Crippen LogP contribution < -0.4 is 5.32 Å². The molecule has 0 fully saturated rings. The molecule has 0 saturated heterocycles. The van der Waals surface area contributed by atoms with Gasteiger partial charge in [-0.05, 0) is 49.0 Å². The number of nitrogens with one attached hydrogen (secondary N) is 1. The molecule has 3 rings (SSSR count). The minimum atomic E-state index is -0.944. The van der Waals surface area contributed by atoms with E-state index in [0.29, 0.717) is 29.3 Å². The molecule has 1 heterocycles. The molecule has 1 amide bonds. The summed E-state index contributed by atoms with van der Waals surface area (Å²) in [5.41, 5.74) is 1.89. The number of carboxylic acid groups (broad SMARTS) is 1. The predicted octanol–water partition coefficient (Wildman–Crippen LogP) is 4.77. The third kappa shape index (κ3) is 3.86. The highest BCUT2D eigenvalue weighted by Crippen LogP contribution is 2.45. The van der Waals surface area contributed by atoms with Crippen LogP contribution in [0.1, 0.15) is 62.5 Å². The van der Waals surface area contributed by atoms with E-state index in [4.69, 9.17) is 0 Å². The fraction of sp³-hybridized carbons (Fsp3) is 0.591. The van der Waals surface area contributed by atoms with Crippen LogP contribution in [0.4, 0.5) is 5.00 Å².